The summed E-state index contributed by atoms with van der Waals surface area (Å²) >= 11 is 0. The van der Waals surface area contributed by atoms with Crippen molar-refractivity contribution in [3.8, 4) is 0 Å². The lowest BCUT2D eigenvalue weighted by atomic mass is 10.0. The Kier molecular flexibility index (Phi) is 9.97. The van der Waals surface area contributed by atoms with Crippen molar-refractivity contribution in [2.45, 2.75) is 58.5 Å². The predicted molar refractivity (Wildman–Crippen MR) is 138 cm³/mol. The molecule has 1 amide bonds. The molecule has 2 aromatic heterocycles. The maximum Gasteiger partial charge on any atom is 0.328 e. The SMILES string of the molecule is CCOC(=O)CC[C@H](NC(=O)c1ccc(CCCCn2ccc3nc(N)[nH]c(=O)c32)cc1F)C(=O)OCC. The van der Waals surface area contributed by atoms with Crippen molar-refractivity contribution in [3.63, 3.8) is 0 Å². The number of hydrogen-bond donors (Lipinski definition) is 3. The van der Waals surface area contributed by atoms with Gasteiger partial charge < -0.3 is 25.1 Å². The first-order valence-corrected chi connectivity index (χ1v) is 12.5. The number of carbonyl (C=O) groups excluding carboxylic acids is 3. The number of unbranched alkanes of at least 4 members (excludes halogenated alkanes) is 1. The zero-order chi connectivity index (χ0) is 27.7. The Balaban J connectivity index is 1.56. The lowest BCUT2D eigenvalue weighted by Gasteiger charge is -2.17. The molecular weight excluding hydrogens is 497 g/mol. The van der Waals surface area contributed by atoms with Crippen LogP contribution in [-0.4, -0.2) is 51.6 Å². The average molecular weight is 530 g/mol. The summed E-state index contributed by atoms with van der Waals surface area (Å²) in [6.07, 6.45) is 3.63. The van der Waals surface area contributed by atoms with Gasteiger partial charge in [0.1, 0.15) is 17.4 Å². The van der Waals surface area contributed by atoms with E-state index < -0.39 is 29.7 Å². The predicted octanol–water partition coefficient (Wildman–Crippen LogP) is 2.47. The van der Waals surface area contributed by atoms with Gasteiger partial charge in [-0.25, -0.2) is 14.2 Å². The summed E-state index contributed by atoms with van der Waals surface area (Å²) in [5, 5.41) is 2.46. The molecule has 0 saturated heterocycles. The molecule has 2 heterocycles. The highest BCUT2D eigenvalue weighted by atomic mass is 19.1. The topological polar surface area (TPSA) is 158 Å². The van der Waals surface area contributed by atoms with Crippen LogP contribution in [0.4, 0.5) is 10.3 Å². The molecule has 0 bridgehead atoms. The number of aryl methyl sites for hydroxylation is 2. The van der Waals surface area contributed by atoms with Crippen LogP contribution in [0.15, 0.2) is 35.3 Å². The van der Waals surface area contributed by atoms with Gasteiger partial charge in [0.2, 0.25) is 5.95 Å². The summed E-state index contributed by atoms with van der Waals surface area (Å²) in [5.74, 6) is -2.66. The molecular formula is C26H32FN5O6. The first-order chi connectivity index (χ1) is 18.2. The van der Waals surface area contributed by atoms with Gasteiger partial charge in [0.25, 0.3) is 11.5 Å². The minimum atomic E-state index is -1.12. The lowest BCUT2D eigenvalue weighted by Crippen LogP contribution is -2.42. The average Bonchev–Trinajstić information content (AvgIpc) is 3.27. The number of halogens is 1. The van der Waals surface area contributed by atoms with Gasteiger partial charge in [-0.05, 0) is 63.3 Å². The Labute approximate surface area is 218 Å². The van der Waals surface area contributed by atoms with Gasteiger partial charge in [-0.1, -0.05) is 6.07 Å². The van der Waals surface area contributed by atoms with Gasteiger partial charge in [0, 0.05) is 19.2 Å². The summed E-state index contributed by atoms with van der Waals surface area (Å²) in [7, 11) is 0. The van der Waals surface area contributed by atoms with E-state index in [9.17, 15) is 23.6 Å². The van der Waals surface area contributed by atoms with E-state index in [-0.39, 0.29) is 43.1 Å². The summed E-state index contributed by atoms with van der Waals surface area (Å²) < 4.78 is 26.4. The second-order valence-corrected chi connectivity index (χ2v) is 8.59. The molecule has 3 aromatic rings. The minimum Gasteiger partial charge on any atom is -0.466 e. The number of nitrogen functional groups attached to an aromatic ring is 1. The summed E-state index contributed by atoms with van der Waals surface area (Å²) in [6.45, 7) is 4.14. The van der Waals surface area contributed by atoms with Crippen LogP contribution >= 0.6 is 0 Å². The van der Waals surface area contributed by atoms with Crippen molar-refractivity contribution in [2.75, 3.05) is 18.9 Å². The van der Waals surface area contributed by atoms with Crippen molar-refractivity contribution in [1.29, 1.82) is 0 Å². The van der Waals surface area contributed by atoms with Crippen LogP contribution in [0.3, 0.4) is 0 Å². The van der Waals surface area contributed by atoms with Crippen molar-refractivity contribution < 1.29 is 28.2 Å². The normalized spacial score (nSPS) is 11.8. The standard InChI is InChI=1S/C26H32FN5O6/c1-3-37-21(33)11-10-20(25(36)38-4-2)29-23(34)17-9-8-16(15-18(17)27)7-5-6-13-32-14-12-19-22(32)24(35)31-26(28)30-19/h8-9,12,14-15,20H,3-7,10-11,13H2,1-2H3,(H,29,34)(H3,28,30,31,35)/t20-/m0/s1. The fourth-order valence-corrected chi connectivity index (χ4v) is 4.05. The number of rotatable bonds is 13. The maximum atomic E-state index is 14.8. The second kappa shape index (κ2) is 13.4. The first-order valence-electron chi connectivity index (χ1n) is 12.5. The molecule has 0 aliphatic heterocycles. The minimum absolute atomic E-state index is 0.0326. The largest absolute Gasteiger partial charge is 0.466 e. The third-order valence-electron chi connectivity index (χ3n) is 5.85. The highest BCUT2D eigenvalue weighted by Crippen LogP contribution is 2.16. The van der Waals surface area contributed by atoms with Gasteiger partial charge in [0.05, 0.1) is 24.3 Å². The number of nitrogens with one attached hydrogen (secondary N) is 2. The third-order valence-corrected chi connectivity index (χ3v) is 5.85. The van der Waals surface area contributed by atoms with E-state index in [0.29, 0.717) is 36.0 Å². The number of nitrogens with zero attached hydrogens (tertiary/aromatic N) is 2. The fraction of sp³-hybridized carbons (Fsp3) is 0.423. The van der Waals surface area contributed by atoms with E-state index in [1.807, 2.05) is 0 Å². The van der Waals surface area contributed by atoms with Crippen LogP contribution in [0.2, 0.25) is 0 Å². The van der Waals surface area contributed by atoms with Gasteiger partial charge in [-0.3, -0.25) is 19.4 Å². The van der Waals surface area contributed by atoms with Crippen molar-refractivity contribution in [1.82, 2.24) is 19.9 Å². The molecule has 0 unspecified atom stereocenters. The number of ether oxygens (including phenoxy) is 2. The van der Waals surface area contributed by atoms with E-state index in [0.717, 1.165) is 6.42 Å². The number of aromatic nitrogens is 3. The van der Waals surface area contributed by atoms with E-state index in [1.165, 1.54) is 12.1 Å². The Morgan fingerprint density at radius 3 is 2.63 bits per heavy atom. The molecule has 1 atom stereocenters. The number of nitrogens with two attached hydrogens (primary N) is 1. The smallest absolute Gasteiger partial charge is 0.328 e. The van der Waals surface area contributed by atoms with Crippen LogP contribution in [-0.2, 0) is 32.0 Å². The molecule has 0 saturated carbocycles. The molecule has 0 fully saturated rings. The molecule has 11 nitrogen and oxygen atoms in total. The number of aromatic amines is 1. The van der Waals surface area contributed by atoms with Crippen molar-refractivity contribution in [2.24, 2.45) is 0 Å². The molecule has 0 radical (unpaired) electrons. The zero-order valence-electron chi connectivity index (χ0n) is 21.4. The number of carbonyl (C=O) groups is 3. The van der Waals surface area contributed by atoms with Gasteiger partial charge in [-0.15, -0.1) is 0 Å². The monoisotopic (exact) mass is 529 g/mol. The molecule has 38 heavy (non-hydrogen) atoms. The molecule has 0 spiro atoms. The van der Waals surface area contributed by atoms with Gasteiger partial charge >= 0.3 is 11.9 Å². The molecule has 12 heteroatoms. The van der Waals surface area contributed by atoms with Crippen molar-refractivity contribution >= 4 is 34.8 Å². The molecule has 1 aromatic carbocycles. The van der Waals surface area contributed by atoms with Crippen LogP contribution in [0.1, 0.15) is 55.5 Å². The number of esters is 2. The molecule has 0 aliphatic rings. The van der Waals surface area contributed by atoms with E-state index in [2.05, 4.69) is 15.3 Å². The quantitative estimate of drug-likeness (QED) is 0.225. The lowest BCUT2D eigenvalue weighted by molar-refractivity contribution is -0.146. The van der Waals surface area contributed by atoms with Crippen LogP contribution in [0, 0.1) is 5.82 Å². The number of anilines is 1. The Bertz CT molecular complexity index is 1350. The maximum absolute atomic E-state index is 14.8. The molecule has 0 aliphatic carbocycles. The molecule has 3 rings (SSSR count). The highest BCUT2D eigenvalue weighted by Gasteiger charge is 2.25. The Morgan fingerprint density at radius 1 is 1.16 bits per heavy atom. The third kappa shape index (κ3) is 7.40. The van der Waals surface area contributed by atoms with Gasteiger partial charge in [-0.2, -0.15) is 0 Å². The number of benzene rings is 1. The Hall–Kier alpha value is -4.22. The highest BCUT2D eigenvalue weighted by molar-refractivity contribution is 5.97. The Morgan fingerprint density at radius 2 is 1.92 bits per heavy atom. The number of hydrogen-bond acceptors (Lipinski definition) is 8. The van der Waals surface area contributed by atoms with E-state index >= 15 is 0 Å². The summed E-state index contributed by atoms with van der Waals surface area (Å²) in [6, 6.07) is 4.91. The van der Waals surface area contributed by atoms with Crippen LogP contribution in [0.5, 0.6) is 0 Å². The van der Waals surface area contributed by atoms with Crippen LogP contribution < -0.4 is 16.6 Å². The second-order valence-electron chi connectivity index (χ2n) is 8.59. The fourth-order valence-electron chi connectivity index (χ4n) is 4.05. The first kappa shape index (κ1) is 28.4. The number of H-pyrrole nitrogens is 1. The summed E-state index contributed by atoms with van der Waals surface area (Å²) in [4.78, 5) is 55.4. The number of amides is 1. The molecule has 204 valence electrons. The van der Waals surface area contributed by atoms with E-state index in [4.69, 9.17) is 15.2 Å². The zero-order valence-corrected chi connectivity index (χ0v) is 21.4. The molecule has 4 N–H and O–H groups in total. The summed E-state index contributed by atoms with van der Waals surface area (Å²) in [5.41, 5.74) is 6.72. The van der Waals surface area contributed by atoms with E-state index in [1.54, 1.807) is 36.7 Å². The van der Waals surface area contributed by atoms with Crippen molar-refractivity contribution in [3.05, 3.63) is 57.8 Å². The van der Waals surface area contributed by atoms with Crippen LogP contribution in [0.25, 0.3) is 11.0 Å². The van der Waals surface area contributed by atoms with Gasteiger partial charge in [0.15, 0.2) is 0 Å². The number of fused-ring (bicyclic) bond motifs is 1.